The lowest BCUT2D eigenvalue weighted by atomic mass is 10.2. The van der Waals surface area contributed by atoms with E-state index in [1.165, 1.54) is 24.9 Å². The zero-order valence-corrected chi connectivity index (χ0v) is 11.5. The Morgan fingerprint density at radius 3 is 2.94 bits per heavy atom. The lowest BCUT2D eigenvalue weighted by molar-refractivity contribution is 0.242. The smallest absolute Gasteiger partial charge is 0.0372 e. The number of halogens is 1. The highest BCUT2D eigenvalue weighted by Gasteiger charge is 2.23. The zero-order valence-electron chi connectivity index (χ0n) is 10.6. The first-order chi connectivity index (χ1) is 7.79. The Kier molecular flexibility index (Phi) is 5.89. The predicted molar refractivity (Wildman–Crippen MR) is 73.6 cm³/mol. The van der Waals surface area contributed by atoms with Gasteiger partial charge in [-0.3, -0.25) is 9.88 Å². The van der Waals surface area contributed by atoms with Gasteiger partial charge >= 0.3 is 0 Å². The van der Waals surface area contributed by atoms with Crippen molar-refractivity contribution in [2.75, 3.05) is 20.1 Å². The van der Waals surface area contributed by atoms with Crippen LogP contribution in [-0.4, -0.2) is 36.1 Å². The van der Waals surface area contributed by atoms with E-state index < -0.39 is 0 Å². The summed E-state index contributed by atoms with van der Waals surface area (Å²) in [5, 5.41) is 3.28. The average Bonchev–Trinajstić information content (AvgIpc) is 2.70. The van der Waals surface area contributed by atoms with Gasteiger partial charge in [0.2, 0.25) is 0 Å². The molecule has 0 spiro atoms. The minimum atomic E-state index is 0. The van der Waals surface area contributed by atoms with Gasteiger partial charge in [0.1, 0.15) is 0 Å². The van der Waals surface area contributed by atoms with Crippen molar-refractivity contribution < 1.29 is 0 Å². The molecular weight excluding hydrogens is 234 g/mol. The van der Waals surface area contributed by atoms with Crippen molar-refractivity contribution in [3.05, 3.63) is 29.6 Å². The second-order valence-corrected chi connectivity index (χ2v) is 4.63. The van der Waals surface area contributed by atoms with E-state index in [1.54, 1.807) is 0 Å². The van der Waals surface area contributed by atoms with E-state index >= 15 is 0 Å². The molecule has 0 aromatic carbocycles. The molecule has 0 saturated carbocycles. The molecule has 2 heterocycles. The Hall–Kier alpha value is -0.640. The summed E-state index contributed by atoms with van der Waals surface area (Å²) in [6.45, 7) is 5.39. The summed E-state index contributed by atoms with van der Waals surface area (Å²) in [5.74, 6) is 0. The van der Waals surface area contributed by atoms with Gasteiger partial charge in [0.15, 0.2) is 0 Å². The van der Waals surface area contributed by atoms with Crippen LogP contribution in [0.4, 0.5) is 0 Å². The molecule has 4 heteroatoms. The molecule has 1 saturated heterocycles. The van der Waals surface area contributed by atoms with Gasteiger partial charge in [-0.15, -0.1) is 12.4 Å². The first kappa shape index (κ1) is 14.4. The van der Waals surface area contributed by atoms with Crippen LogP contribution in [0.3, 0.4) is 0 Å². The second-order valence-electron chi connectivity index (χ2n) is 4.63. The van der Waals surface area contributed by atoms with Gasteiger partial charge in [-0.1, -0.05) is 6.07 Å². The molecule has 2 rings (SSSR count). The molecule has 1 aromatic heterocycles. The maximum absolute atomic E-state index is 4.35. The Bertz CT molecular complexity index is 326. The van der Waals surface area contributed by atoms with Crippen LogP contribution in [-0.2, 0) is 6.54 Å². The lowest BCUT2D eigenvalue weighted by Gasteiger charge is -2.24. The summed E-state index contributed by atoms with van der Waals surface area (Å²) in [5.41, 5.74) is 2.42. The van der Waals surface area contributed by atoms with E-state index in [4.69, 9.17) is 0 Å². The lowest BCUT2D eigenvalue weighted by Crippen LogP contribution is -2.36. The number of likely N-dealkylation sites (N-methyl/N-ethyl adjacent to an activating group) is 1. The summed E-state index contributed by atoms with van der Waals surface area (Å²) >= 11 is 0. The van der Waals surface area contributed by atoms with E-state index in [2.05, 4.69) is 27.3 Å². The molecule has 0 radical (unpaired) electrons. The molecule has 1 aromatic rings. The number of aryl methyl sites for hydroxylation is 1. The molecule has 1 aliphatic rings. The minimum absolute atomic E-state index is 0. The van der Waals surface area contributed by atoms with Gasteiger partial charge in [0.25, 0.3) is 0 Å². The third-order valence-electron chi connectivity index (χ3n) is 3.30. The van der Waals surface area contributed by atoms with Crippen molar-refractivity contribution in [1.29, 1.82) is 0 Å². The molecular formula is C13H22ClN3. The normalized spacial score (nSPS) is 20.2. The fraction of sp³-hybridized carbons (Fsp3) is 0.615. The standard InChI is InChI=1S/C13H21N3.ClH/c1-11-5-6-12(8-15-11)10-16-7-3-4-13(16)9-14-2;/h5-6,8,13-14H,3-4,7,9-10H2,1-2H3;1H. The summed E-state index contributed by atoms with van der Waals surface area (Å²) in [6, 6.07) is 4.99. The quantitative estimate of drug-likeness (QED) is 0.892. The van der Waals surface area contributed by atoms with Crippen LogP contribution >= 0.6 is 12.4 Å². The maximum Gasteiger partial charge on any atom is 0.0372 e. The van der Waals surface area contributed by atoms with Crippen molar-refractivity contribution in [2.24, 2.45) is 0 Å². The van der Waals surface area contributed by atoms with Gasteiger partial charge in [0, 0.05) is 31.0 Å². The summed E-state index contributed by atoms with van der Waals surface area (Å²) in [4.78, 5) is 6.91. The van der Waals surface area contributed by atoms with Crippen molar-refractivity contribution in [3.63, 3.8) is 0 Å². The van der Waals surface area contributed by atoms with Crippen molar-refractivity contribution in [2.45, 2.75) is 32.4 Å². The Balaban J connectivity index is 0.00000144. The van der Waals surface area contributed by atoms with Crippen LogP contribution in [0.15, 0.2) is 18.3 Å². The summed E-state index contributed by atoms with van der Waals surface area (Å²) in [6.07, 6.45) is 4.65. The number of nitrogens with one attached hydrogen (secondary N) is 1. The number of nitrogens with zero attached hydrogens (tertiary/aromatic N) is 2. The van der Waals surface area contributed by atoms with Crippen LogP contribution in [0.1, 0.15) is 24.1 Å². The first-order valence-corrected chi connectivity index (χ1v) is 6.10. The van der Waals surface area contributed by atoms with Crippen LogP contribution in [0, 0.1) is 6.92 Å². The fourth-order valence-electron chi connectivity index (χ4n) is 2.40. The van der Waals surface area contributed by atoms with E-state index in [9.17, 15) is 0 Å². The zero-order chi connectivity index (χ0) is 11.4. The number of likely N-dealkylation sites (tertiary alicyclic amines) is 1. The third kappa shape index (κ3) is 3.95. The van der Waals surface area contributed by atoms with Gasteiger partial charge in [-0.25, -0.2) is 0 Å². The predicted octanol–water partition coefficient (Wildman–Crippen LogP) is 2.00. The molecule has 96 valence electrons. The summed E-state index contributed by atoms with van der Waals surface area (Å²) < 4.78 is 0. The highest BCUT2D eigenvalue weighted by atomic mass is 35.5. The monoisotopic (exact) mass is 255 g/mol. The van der Waals surface area contributed by atoms with Crippen molar-refractivity contribution in [1.82, 2.24) is 15.2 Å². The maximum atomic E-state index is 4.35. The number of hydrogen-bond acceptors (Lipinski definition) is 3. The van der Waals surface area contributed by atoms with Gasteiger partial charge < -0.3 is 5.32 Å². The minimum Gasteiger partial charge on any atom is -0.318 e. The molecule has 1 fully saturated rings. The second kappa shape index (κ2) is 6.94. The SMILES string of the molecule is CNCC1CCCN1Cc1ccc(C)nc1.Cl. The average molecular weight is 256 g/mol. The van der Waals surface area contributed by atoms with Crippen LogP contribution in [0.5, 0.6) is 0 Å². The van der Waals surface area contributed by atoms with Crippen LogP contribution in [0.2, 0.25) is 0 Å². The number of pyridine rings is 1. The van der Waals surface area contributed by atoms with Crippen LogP contribution in [0.25, 0.3) is 0 Å². The van der Waals surface area contributed by atoms with E-state index in [0.29, 0.717) is 6.04 Å². The van der Waals surface area contributed by atoms with Gasteiger partial charge in [-0.05, 0) is 45.0 Å². The topological polar surface area (TPSA) is 28.2 Å². The summed E-state index contributed by atoms with van der Waals surface area (Å²) in [7, 11) is 2.03. The Labute approximate surface area is 110 Å². The third-order valence-corrected chi connectivity index (χ3v) is 3.30. The Morgan fingerprint density at radius 2 is 2.29 bits per heavy atom. The van der Waals surface area contributed by atoms with Gasteiger partial charge in [0.05, 0.1) is 0 Å². The van der Waals surface area contributed by atoms with Crippen molar-refractivity contribution in [3.8, 4) is 0 Å². The number of hydrogen-bond donors (Lipinski definition) is 1. The van der Waals surface area contributed by atoms with E-state index in [-0.39, 0.29) is 12.4 Å². The molecule has 1 unspecified atom stereocenters. The number of rotatable bonds is 4. The van der Waals surface area contributed by atoms with Crippen molar-refractivity contribution >= 4 is 12.4 Å². The van der Waals surface area contributed by atoms with E-state index in [0.717, 1.165) is 18.8 Å². The highest BCUT2D eigenvalue weighted by molar-refractivity contribution is 5.85. The van der Waals surface area contributed by atoms with Crippen LogP contribution < -0.4 is 5.32 Å². The fourth-order valence-corrected chi connectivity index (χ4v) is 2.40. The first-order valence-electron chi connectivity index (χ1n) is 6.10. The molecule has 0 aliphatic carbocycles. The largest absolute Gasteiger partial charge is 0.318 e. The van der Waals surface area contributed by atoms with E-state index in [1.807, 2.05) is 20.2 Å². The molecule has 1 N–H and O–H groups in total. The molecule has 1 aliphatic heterocycles. The highest BCUT2D eigenvalue weighted by Crippen LogP contribution is 2.19. The molecule has 3 nitrogen and oxygen atoms in total. The molecule has 17 heavy (non-hydrogen) atoms. The molecule has 0 bridgehead atoms. The Morgan fingerprint density at radius 1 is 1.47 bits per heavy atom. The molecule has 1 atom stereocenters. The van der Waals surface area contributed by atoms with Gasteiger partial charge in [-0.2, -0.15) is 0 Å². The molecule has 0 amide bonds. The number of aromatic nitrogens is 1.